The van der Waals surface area contributed by atoms with Crippen LogP contribution in [-0.2, 0) is 6.42 Å². The third-order valence-corrected chi connectivity index (χ3v) is 11.1. The topological polar surface area (TPSA) is 21.1 Å². The van der Waals surface area contributed by atoms with E-state index in [1.807, 2.05) is 0 Å². The highest BCUT2D eigenvalue weighted by molar-refractivity contribution is 5.96. The number of aromatic nitrogens is 2. The van der Waals surface area contributed by atoms with Gasteiger partial charge in [0.2, 0.25) is 0 Å². The summed E-state index contributed by atoms with van der Waals surface area (Å²) in [5.41, 5.74) is 15.5. The Bertz CT molecular complexity index is 2380. The summed E-state index contributed by atoms with van der Waals surface area (Å²) in [6.07, 6.45) is 29.7. The number of nitrogens with zero attached hydrogens (tertiary/aromatic N) is 3. The first-order valence-corrected chi connectivity index (χ1v) is 18.2. The highest BCUT2D eigenvalue weighted by Gasteiger charge is 2.42. The maximum absolute atomic E-state index is 5.40. The van der Waals surface area contributed by atoms with Gasteiger partial charge in [-0.15, -0.1) is 0 Å². The smallest absolute Gasteiger partial charge is 0.138 e. The summed E-state index contributed by atoms with van der Waals surface area (Å²) in [6.45, 7) is 0. The second-order valence-electron chi connectivity index (χ2n) is 14.0. The van der Waals surface area contributed by atoms with E-state index in [2.05, 4.69) is 161 Å². The fourth-order valence-electron chi connectivity index (χ4n) is 8.90. The Hall–Kier alpha value is -5.67. The van der Waals surface area contributed by atoms with Crippen molar-refractivity contribution in [2.45, 2.75) is 44.6 Å². The van der Waals surface area contributed by atoms with Gasteiger partial charge in [-0.2, -0.15) is 0 Å². The normalized spacial score (nSPS) is 20.5. The fourth-order valence-corrected chi connectivity index (χ4v) is 8.90. The maximum atomic E-state index is 5.40. The number of anilines is 1. The average molecular weight is 646 g/mol. The van der Waals surface area contributed by atoms with Crippen LogP contribution < -0.4 is 4.90 Å². The minimum Gasteiger partial charge on any atom is -0.334 e. The van der Waals surface area contributed by atoms with Gasteiger partial charge in [0.15, 0.2) is 0 Å². The van der Waals surface area contributed by atoms with Gasteiger partial charge in [0, 0.05) is 33.9 Å². The zero-order chi connectivity index (χ0) is 33.0. The molecule has 2 aromatic heterocycles. The zero-order valence-electron chi connectivity index (χ0n) is 28.2. The van der Waals surface area contributed by atoms with Crippen molar-refractivity contribution in [3.8, 4) is 16.9 Å². The van der Waals surface area contributed by atoms with E-state index in [1.54, 1.807) is 5.57 Å². The molecule has 0 radical (unpaired) electrons. The number of para-hydroxylation sites is 1. The lowest BCUT2D eigenvalue weighted by Crippen LogP contribution is -2.33. The predicted molar refractivity (Wildman–Crippen MR) is 209 cm³/mol. The van der Waals surface area contributed by atoms with E-state index in [0.29, 0.717) is 5.92 Å². The molecule has 0 saturated heterocycles. The minimum atomic E-state index is 0.269. The average Bonchev–Trinajstić information content (AvgIpc) is 3.71. The third-order valence-electron chi connectivity index (χ3n) is 11.1. The van der Waals surface area contributed by atoms with Gasteiger partial charge in [-0.05, 0) is 114 Å². The monoisotopic (exact) mass is 645 g/mol. The van der Waals surface area contributed by atoms with E-state index in [9.17, 15) is 0 Å². The molecule has 0 N–H and O–H groups in total. The Morgan fingerprint density at radius 3 is 2.36 bits per heavy atom. The summed E-state index contributed by atoms with van der Waals surface area (Å²) in [5, 5.41) is 1.31. The first-order valence-electron chi connectivity index (χ1n) is 18.2. The summed E-state index contributed by atoms with van der Waals surface area (Å²) in [6, 6.07) is 33.7. The first kappa shape index (κ1) is 29.3. The molecule has 5 aliphatic rings. The minimum absolute atomic E-state index is 0.269. The molecule has 10 rings (SSSR count). The first-order chi connectivity index (χ1) is 24.8. The van der Waals surface area contributed by atoms with Crippen LogP contribution in [0.5, 0.6) is 0 Å². The van der Waals surface area contributed by atoms with Crippen LogP contribution in [0.1, 0.15) is 54.6 Å². The Balaban J connectivity index is 1.12. The Kier molecular flexibility index (Phi) is 7.04. The summed E-state index contributed by atoms with van der Waals surface area (Å²) in [7, 11) is 0. The molecule has 5 aromatic rings. The van der Waals surface area contributed by atoms with Crippen molar-refractivity contribution < 1.29 is 0 Å². The van der Waals surface area contributed by atoms with Crippen LogP contribution in [0.25, 0.3) is 45.1 Å². The Morgan fingerprint density at radius 1 is 0.680 bits per heavy atom. The summed E-state index contributed by atoms with van der Waals surface area (Å²) < 4.78 is 2.46. The van der Waals surface area contributed by atoms with E-state index >= 15 is 0 Å². The quantitative estimate of drug-likeness (QED) is 0.190. The molecule has 242 valence electrons. The lowest BCUT2D eigenvalue weighted by atomic mass is 9.78. The van der Waals surface area contributed by atoms with Crippen LogP contribution in [-0.4, -0.2) is 15.6 Å². The van der Waals surface area contributed by atoms with Crippen molar-refractivity contribution in [1.82, 2.24) is 9.55 Å². The fraction of sp³-hybridized carbons (Fsp3) is 0.170. The van der Waals surface area contributed by atoms with Crippen LogP contribution in [0.15, 0.2) is 157 Å². The van der Waals surface area contributed by atoms with Crippen LogP contribution in [0.3, 0.4) is 0 Å². The van der Waals surface area contributed by atoms with E-state index in [1.165, 1.54) is 61.4 Å². The third kappa shape index (κ3) is 4.75. The van der Waals surface area contributed by atoms with E-state index < -0.39 is 0 Å². The SMILES string of the molecule is C1=CC2C(C(c3ccc4c(c3)c3c(n4-c4cc(-c5ccccc5)cc(C5=CCCC=C5)n4)CCC=C3)=C1)C1=C(C=CCC1)N2c1ccccc1. The van der Waals surface area contributed by atoms with Gasteiger partial charge in [-0.1, -0.05) is 109 Å². The van der Waals surface area contributed by atoms with Crippen LogP contribution >= 0.6 is 0 Å². The molecule has 0 fully saturated rings. The van der Waals surface area contributed by atoms with E-state index in [0.717, 1.165) is 50.0 Å². The van der Waals surface area contributed by atoms with Crippen LogP contribution in [0.4, 0.5) is 5.69 Å². The number of hydrogen-bond acceptors (Lipinski definition) is 2. The van der Waals surface area contributed by atoms with Crippen molar-refractivity contribution >= 4 is 33.8 Å². The summed E-state index contributed by atoms with van der Waals surface area (Å²) >= 11 is 0. The molecular weight excluding hydrogens is 607 g/mol. The Labute approximate surface area is 294 Å². The van der Waals surface area contributed by atoms with Gasteiger partial charge < -0.3 is 4.90 Å². The molecule has 2 unspecified atom stereocenters. The number of benzene rings is 3. The van der Waals surface area contributed by atoms with Crippen molar-refractivity contribution in [3.05, 3.63) is 179 Å². The molecule has 4 aliphatic carbocycles. The number of rotatable bonds is 5. The van der Waals surface area contributed by atoms with Crippen LogP contribution in [0.2, 0.25) is 0 Å². The van der Waals surface area contributed by atoms with Crippen LogP contribution in [0, 0.1) is 5.92 Å². The number of allylic oxidation sites excluding steroid dienone is 9. The molecule has 1 aliphatic heterocycles. The van der Waals surface area contributed by atoms with Gasteiger partial charge in [-0.25, -0.2) is 4.98 Å². The molecule has 3 nitrogen and oxygen atoms in total. The van der Waals surface area contributed by atoms with Gasteiger partial charge in [0.25, 0.3) is 0 Å². The van der Waals surface area contributed by atoms with Gasteiger partial charge in [-0.3, -0.25) is 4.57 Å². The van der Waals surface area contributed by atoms with Gasteiger partial charge in [0.1, 0.15) is 5.82 Å². The summed E-state index contributed by atoms with van der Waals surface area (Å²) in [5.74, 6) is 1.32. The maximum Gasteiger partial charge on any atom is 0.138 e. The molecule has 3 aromatic carbocycles. The molecule has 0 saturated carbocycles. The molecule has 2 atom stereocenters. The number of pyridine rings is 1. The molecule has 0 spiro atoms. The van der Waals surface area contributed by atoms with Crippen molar-refractivity contribution in [2.24, 2.45) is 5.92 Å². The lowest BCUT2D eigenvalue weighted by molar-refractivity contribution is 0.674. The molecular formula is C47H39N3. The van der Waals surface area contributed by atoms with E-state index in [4.69, 9.17) is 4.98 Å². The van der Waals surface area contributed by atoms with Crippen molar-refractivity contribution in [1.29, 1.82) is 0 Å². The molecule has 0 bridgehead atoms. The second kappa shape index (κ2) is 12.0. The molecule has 3 heterocycles. The van der Waals surface area contributed by atoms with Gasteiger partial charge >= 0.3 is 0 Å². The predicted octanol–water partition coefficient (Wildman–Crippen LogP) is 11.4. The highest BCUT2D eigenvalue weighted by atomic mass is 15.2. The lowest BCUT2D eigenvalue weighted by Gasteiger charge is -2.32. The zero-order valence-corrected chi connectivity index (χ0v) is 28.2. The number of fused-ring (bicyclic) bond motifs is 5. The second-order valence-corrected chi connectivity index (χ2v) is 14.0. The van der Waals surface area contributed by atoms with Crippen molar-refractivity contribution in [2.75, 3.05) is 4.90 Å². The molecule has 0 amide bonds. The van der Waals surface area contributed by atoms with Gasteiger partial charge in [0.05, 0.1) is 17.3 Å². The summed E-state index contributed by atoms with van der Waals surface area (Å²) in [4.78, 5) is 7.97. The molecule has 50 heavy (non-hydrogen) atoms. The highest BCUT2D eigenvalue weighted by Crippen LogP contribution is 2.50. The standard InChI is InChI=1S/C47H39N3/c1-4-15-32(16-5-1)35-30-41(33-17-6-2-7-18-33)48-46(31-35)50-42-24-12-10-21-38(42)40-29-34(27-28-44(40)50)37-23-14-26-45-47(37)39-22-11-13-25-43(39)49(45)36-19-8-3-9-20-36/h1,3-6,8-10,13-21,23,25-31,45,47H,2,7,11-12,22,24H2. The van der Waals surface area contributed by atoms with Crippen molar-refractivity contribution in [3.63, 3.8) is 0 Å². The van der Waals surface area contributed by atoms with E-state index in [-0.39, 0.29) is 6.04 Å². The molecule has 3 heteroatoms. The number of hydrogen-bond donors (Lipinski definition) is 0. The Morgan fingerprint density at radius 2 is 1.50 bits per heavy atom. The largest absolute Gasteiger partial charge is 0.334 e.